The molecule has 4 aromatic rings. The minimum atomic E-state index is 0.905. The lowest BCUT2D eigenvalue weighted by molar-refractivity contribution is 0.607. The third-order valence-electron chi connectivity index (χ3n) is 8.72. The summed E-state index contributed by atoms with van der Waals surface area (Å²) < 4.78 is 0. The zero-order valence-electron chi connectivity index (χ0n) is 27.8. The largest absolute Gasteiger partial charge is 0.311 e. The highest BCUT2D eigenvalue weighted by molar-refractivity contribution is 5.78. The molecule has 0 aromatic heterocycles. The van der Waals surface area contributed by atoms with Crippen LogP contribution >= 0.6 is 0 Å². The lowest BCUT2D eigenvalue weighted by Gasteiger charge is -2.26. The first-order valence-electron chi connectivity index (χ1n) is 17.5. The van der Waals surface area contributed by atoms with Crippen LogP contribution in [0.2, 0.25) is 0 Å². The van der Waals surface area contributed by atoms with Crippen LogP contribution in [0.5, 0.6) is 0 Å². The molecular weight excluding hydrogens is 542 g/mol. The summed E-state index contributed by atoms with van der Waals surface area (Å²) in [5.74, 6) is 2.68. The average molecular weight is 596 g/mol. The van der Waals surface area contributed by atoms with Crippen LogP contribution in [-0.4, -0.2) is 0 Å². The van der Waals surface area contributed by atoms with Crippen LogP contribution in [0.1, 0.15) is 119 Å². The molecule has 0 amide bonds. The van der Waals surface area contributed by atoms with E-state index in [4.69, 9.17) is 6.42 Å². The van der Waals surface area contributed by atoms with Crippen LogP contribution in [0.15, 0.2) is 97.1 Å². The summed E-state index contributed by atoms with van der Waals surface area (Å²) in [6.07, 6.45) is 28.1. The molecular formula is C44H53N. The van der Waals surface area contributed by atoms with Crippen molar-refractivity contribution in [3.05, 3.63) is 125 Å². The van der Waals surface area contributed by atoms with Crippen molar-refractivity contribution in [1.29, 1.82) is 0 Å². The molecule has 0 unspecified atom stereocenters. The van der Waals surface area contributed by atoms with E-state index < -0.39 is 0 Å². The van der Waals surface area contributed by atoms with Gasteiger partial charge < -0.3 is 4.90 Å². The summed E-state index contributed by atoms with van der Waals surface area (Å²) in [5, 5.41) is 0. The zero-order chi connectivity index (χ0) is 31.5. The fourth-order valence-electron chi connectivity index (χ4n) is 5.91. The molecule has 0 aliphatic heterocycles. The van der Waals surface area contributed by atoms with E-state index in [1.54, 1.807) is 0 Å². The van der Waals surface area contributed by atoms with Crippen molar-refractivity contribution in [2.24, 2.45) is 0 Å². The van der Waals surface area contributed by atoms with Gasteiger partial charge in [-0.3, -0.25) is 0 Å². The molecule has 0 radical (unpaired) electrons. The molecule has 0 N–H and O–H groups in total. The monoisotopic (exact) mass is 595 g/mol. The van der Waals surface area contributed by atoms with E-state index in [-0.39, 0.29) is 0 Å². The Kier molecular flexibility index (Phi) is 14.6. The quantitative estimate of drug-likeness (QED) is 0.0592. The van der Waals surface area contributed by atoms with Gasteiger partial charge in [0.25, 0.3) is 0 Å². The van der Waals surface area contributed by atoms with Crippen molar-refractivity contribution in [2.75, 3.05) is 4.90 Å². The van der Waals surface area contributed by atoms with Gasteiger partial charge in [-0.05, 0) is 96.5 Å². The number of terminal acetylenes is 1. The van der Waals surface area contributed by atoms with E-state index in [1.807, 2.05) is 12.1 Å². The molecule has 4 rings (SSSR count). The molecule has 4 aromatic carbocycles. The van der Waals surface area contributed by atoms with Crippen LogP contribution < -0.4 is 4.90 Å². The summed E-state index contributed by atoms with van der Waals surface area (Å²) in [6, 6.07) is 35.4. The van der Waals surface area contributed by atoms with Crippen LogP contribution in [0.25, 0.3) is 12.2 Å². The molecule has 1 heteroatoms. The number of nitrogens with zero attached hydrogens (tertiary/aromatic N) is 1. The second kappa shape index (κ2) is 19.4. The van der Waals surface area contributed by atoms with Crippen LogP contribution in [0, 0.1) is 12.3 Å². The summed E-state index contributed by atoms with van der Waals surface area (Å²) >= 11 is 0. The lowest BCUT2D eigenvalue weighted by atomic mass is 10.0. The van der Waals surface area contributed by atoms with E-state index in [0.29, 0.717) is 0 Å². The second-order valence-corrected chi connectivity index (χ2v) is 12.4. The van der Waals surface area contributed by atoms with Crippen molar-refractivity contribution < 1.29 is 0 Å². The molecule has 0 saturated carbocycles. The maximum atomic E-state index is 5.51. The van der Waals surface area contributed by atoms with Crippen LogP contribution in [0.3, 0.4) is 0 Å². The van der Waals surface area contributed by atoms with Gasteiger partial charge in [0, 0.05) is 22.6 Å². The van der Waals surface area contributed by atoms with Gasteiger partial charge in [0.15, 0.2) is 0 Å². The highest BCUT2D eigenvalue weighted by Crippen LogP contribution is 2.35. The Morgan fingerprint density at radius 1 is 0.467 bits per heavy atom. The van der Waals surface area contributed by atoms with Gasteiger partial charge in [0.2, 0.25) is 0 Å². The van der Waals surface area contributed by atoms with Gasteiger partial charge in [0.05, 0.1) is 0 Å². The number of aryl methyl sites for hydroxylation is 2. The Bertz CT molecular complexity index is 1370. The number of unbranched alkanes of at least 4 members (excludes halogenated alkanes) is 10. The van der Waals surface area contributed by atoms with Crippen molar-refractivity contribution in [3.63, 3.8) is 0 Å². The standard InChI is InChI=1S/C44H53N/c1-4-7-9-11-13-15-17-38-25-31-42(32-26-38)45(43-33-27-39(28-34-43)18-16-14-12-10-8-5-2)44-35-29-41(30-36-44)24-23-40-21-19-37(6-3)20-22-40/h3,19-36H,4-5,7-18H2,1-2H3. The predicted octanol–water partition coefficient (Wildman–Crippen LogP) is 13.1. The van der Waals surface area contributed by atoms with Gasteiger partial charge >= 0.3 is 0 Å². The molecule has 0 aliphatic rings. The van der Waals surface area contributed by atoms with Crippen LogP contribution in [0.4, 0.5) is 17.1 Å². The van der Waals surface area contributed by atoms with Gasteiger partial charge in [-0.2, -0.15) is 0 Å². The Morgan fingerprint density at radius 2 is 0.822 bits per heavy atom. The minimum absolute atomic E-state index is 0.905. The Labute approximate surface area is 274 Å². The van der Waals surface area contributed by atoms with E-state index in [1.165, 1.54) is 105 Å². The molecule has 234 valence electrons. The Balaban J connectivity index is 1.47. The van der Waals surface area contributed by atoms with E-state index in [2.05, 4.69) is 122 Å². The molecule has 0 fully saturated rings. The van der Waals surface area contributed by atoms with Crippen molar-refractivity contribution in [1.82, 2.24) is 0 Å². The SMILES string of the molecule is C#Cc1ccc(C=Cc2ccc(N(c3ccc(CCCCCCCC)cc3)c3ccc(CCCCCCCC)cc3)cc2)cc1. The number of rotatable bonds is 19. The predicted molar refractivity (Wildman–Crippen MR) is 199 cm³/mol. The number of hydrogen-bond donors (Lipinski definition) is 0. The van der Waals surface area contributed by atoms with Gasteiger partial charge in [-0.1, -0.05) is 145 Å². The molecule has 45 heavy (non-hydrogen) atoms. The van der Waals surface area contributed by atoms with E-state index >= 15 is 0 Å². The molecule has 0 spiro atoms. The fraction of sp³-hybridized carbons (Fsp3) is 0.364. The number of hydrogen-bond acceptors (Lipinski definition) is 1. The first-order valence-corrected chi connectivity index (χ1v) is 17.5. The smallest absolute Gasteiger partial charge is 0.0462 e. The first-order chi connectivity index (χ1) is 22.2. The zero-order valence-corrected chi connectivity index (χ0v) is 27.8. The highest BCUT2D eigenvalue weighted by Gasteiger charge is 2.13. The topological polar surface area (TPSA) is 3.24 Å². The minimum Gasteiger partial charge on any atom is -0.311 e. The molecule has 0 atom stereocenters. The second-order valence-electron chi connectivity index (χ2n) is 12.4. The number of anilines is 3. The van der Waals surface area contributed by atoms with Gasteiger partial charge in [0.1, 0.15) is 0 Å². The molecule has 1 nitrogen and oxygen atoms in total. The summed E-state index contributed by atoms with van der Waals surface area (Å²) in [5.41, 5.74) is 9.63. The first kappa shape index (κ1) is 33.9. The summed E-state index contributed by atoms with van der Waals surface area (Å²) in [7, 11) is 0. The molecule has 0 bridgehead atoms. The third kappa shape index (κ3) is 11.4. The average Bonchev–Trinajstić information content (AvgIpc) is 3.09. The van der Waals surface area contributed by atoms with Crippen molar-refractivity contribution in [3.8, 4) is 12.3 Å². The van der Waals surface area contributed by atoms with Gasteiger partial charge in [-0.25, -0.2) is 0 Å². The lowest BCUT2D eigenvalue weighted by Crippen LogP contribution is -2.10. The van der Waals surface area contributed by atoms with E-state index in [9.17, 15) is 0 Å². The van der Waals surface area contributed by atoms with Gasteiger partial charge in [-0.15, -0.1) is 6.42 Å². The molecule has 0 saturated heterocycles. The molecule has 0 aliphatic carbocycles. The van der Waals surface area contributed by atoms with Crippen molar-refractivity contribution >= 4 is 29.2 Å². The molecule has 0 heterocycles. The summed E-state index contributed by atoms with van der Waals surface area (Å²) in [4.78, 5) is 2.38. The normalized spacial score (nSPS) is 11.1. The fourth-order valence-corrected chi connectivity index (χ4v) is 5.91. The third-order valence-corrected chi connectivity index (χ3v) is 8.72. The van der Waals surface area contributed by atoms with E-state index in [0.717, 1.165) is 29.7 Å². The maximum absolute atomic E-state index is 5.51. The Morgan fingerprint density at radius 3 is 1.22 bits per heavy atom. The Hall–Kier alpha value is -4.02. The summed E-state index contributed by atoms with van der Waals surface area (Å²) in [6.45, 7) is 4.56. The highest BCUT2D eigenvalue weighted by atomic mass is 15.1. The van der Waals surface area contributed by atoms with Crippen LogP contribution in [-0.2, 0) is 12.8 Å². The maximum Gasteiger partial charge on any atom is 0.0462 e. The number of benzene rings is 4. The van der Waals surface area contributed by atoms with Crippen molar-refractivity contribution in [2.45, 2.75) is 104 Å².